The van der Waals surface area contributed by atoms with E-state index in [4.69, 9.17) is 23.2 Å². The second-order valence-corrected chi connectivity index (χ2v) is 5.70. The largest absolute Gasteiger partial charge is 0.507 e. The summed E-state index contributed by atoms with van der Waals surface area (Å²) in [7, 11) is 0. The zero-order valence-corrected chi connectivity index (χ0v) is 12.7. The van der Waals surface area contributed by atoms with Crippen molar-refractivity contribution < 1.29 is 5.11 Å². The summed E-state index contributed by atoms with van der Waals surface area (Å²) in [5, 5.41) is 11.2. The van der Waals surface area contributed by atoms with Gasteiger partial charge in [0.05, 0.1) is 10.0 Å². The SMILES string of the molecule is Cc1cc(C)c(Cc2ccc(Cl)c(Cl)c2)c(C)c1O. The van der Waals surface area contributed by atoms with E-state index in [0.717, 1.165) is 28.7 Å². The number of aryl methyl sites for hydroxylation is 2. The standard InChI is InChI=1S/C16H16Cl2O/c1-9-6-10(2)16(19)11(3)13(9)7-12-4-5-14(17)15(18)8-12/h4-6,8,19H,7H2,1-3H3. The Morgan fingerprint density at radius 2 is 1.63 bits per heavy atom. The zero-order chi connectivity index (χ0) is 14.2. The maximum atomic E-state index is 10.0. The minimum atomic E-state index is 0.376. The molecule has 0 heterocycles. The average Bonchev–Trinajstić information content (AvgIpc) is 2.36. The lowest BCUT2D eigenvalue weighted by Gasteiger charge is -2.14. The fraction of sp³-hybridized carbons (Fsp3) is 0.250. The molecule has 1 N–H and O–H groups in total. The van der Waals surface area contributed by atoms with Crippen LogP contribution < -0.4 is 0 Å². The van der Waals surface area contributed by atoms with Gasteiger partial charge >= 0.3 is 0 Å². The van der Waals surface area contributed by atoms with E-state index < -0.39 is 0 Å². The van der Waals surface area contributed by atoms with Crippen molar-refractivity contribution in [1.82, 2.24) is 0 Å². The Labute approximate surface area is 123 Å². The lowest BCUT2D eigenvalue weighted by atomic mass is 9.93. The van der Waals surface area contributed by atoms with Crippen LogP contribution in [0.4, 0.5) is 0 Å². The van der Waals surface area contributed by atoms with Crippen molar-refractivity contribution in [3.63, 3.8) is 0 Å². The van der Waals surface area contributed by atoms with E-state index in [0.29, 0.717) is 15.8 Å². The molecule has 0 atom stereocenters. The highest BCUT2D eigenvalue weighted by Gasteiger charge is 2.11. The summed E-state index contributed by atoms with van der Waals surface area (Å²) in [5.74, 6) is 0.376. The van der Waals surface area contributed by atoms with Crippen LogP contribution in [0.15, 0.2) is 24.3 Å². The number of phenolic OH excluding ortho intramolecular Hbond substituents is 1. The molecule has 0 aromatic heterocycles. The Hall–Kier alpha value is -1.18. The van der Waals surface area contributed by atoms with Crippen LogP contribution in [-0.4, -0.2) is 5.11 Å². The van der Waals surface area contributed by atoms with Gasteiger partial charge in [0.25, 0.3) is 0 Å². The fourth-order valence-electron chi connectivity index (χ4n) is 2.34. The second kappa shape index (κ2) is 5.44. The monoisotopic (exact) mass is 294 g/mol. The topological polar surface area (TPSA) is 20.2 Å². The van der Waals surface area contributed by atoms with Crippen molar-refractivity contribution in [2.45, 2.75) is 27.2 Å². The van der Waals surface area contributed by atoms with Gasteiger partial charge in [-0.05, 0) is 67.1 Å². The lowest BCUT2D eigenvalue weighted by Crippen LogP contribution is -1.98. The third kappa shape index (κ3) is 2.88. The molecular formula is C16H16Cl2O. The normalized spacial score (nSPS) is 10.8. The molecule has 1 nitrogen and oxygen atoms in total. The van der Waals surface area contributed by atoms with E-state index in [9.17, 15) is 5.11 Å². The molecule has 0 spiro atoms. The summed E-state index contributed by atoms with van der Waals surface area (Å²) in [5.41, 5.74) is 5.25. The molecule has 19 heavy (non-hydrogen) atoms. The Balaban J connectivity index is 2.43. The van der Waals surface area contributed by atoms with E-state index in [1.165, 1.54) is 5.56 Å². The van der Waals surface area contributed by atoms with E-state index in [1.807, 2.05) is 32.0 Å². The molecule has 0 saturated heterocycles. The third-order valence-electron chi connectivity index (χ3n) is 3.46. The highest BCUT2D eigenvalue weighted by molar-refractivity contribution is 6.42. The van der Waals surface area contributed by atoms with E-state index in [1.54, 1.807) is 6.07 Å². The first-order valence-electron chi connectivity index (χ1n) is 6.12. The minimum Gasteiger partial charge on any atom is -0.507 e. The molecule has 0 amide bonds. The number of aromatic hydroxyl groups is 1. The Bertz CT molecular complexity index is 633. The Morgan fingerprint density at radius 3 is 2.26 bits per heavy atom. The minimum absolute atomic E-state index is 0.376. The second-order valence-electron chi connectivity index (χ2n) is 4.89. The molecule has 3 heteroatoms. The number of hydrogen-bond donors (Lipinski definition) is 1. The van der Waals surface area contributed by atoms with Crippen molar-refractivity contribution in [1.29, 1.82) is 0 Å². The molecular weight excluding hydrogens is 279 g/mol. The lowest BCUT2D eigenvalue weighted by molar-refractivity contribution is 0.466. The van der Waals surface area contributed by atoms with E-state index >= 15 is 0 Å². The van der Waals surface area contributed by atoms with Crippen LogP contribution in [0.3, 0.4) is 0 Å². The molecule has 100 valence electrons. The Kier molecular flexibility index (Phi) is 4.07. The summed E-state index contributed by atoms with van der Waals surface area (Å²) in [4.78, 5) is 0. The van der Waals surface area contributed by atoms with Gasteiger partial charge in [0.1, 0.15) is 5.75 Å². The predicted octanol–water partition coefficient (Wildman–Crippen LogP) is 5.22. The zero-order valence-electron chi connectivity index (χ0n) is 11.2. The van der Waals surface area contributed by atoms with E-state index in [-0.39, 0.29) is 0 Å². The summed E-state index contributed by atoms with van der Waals surface area (Å²) < 4.78 is 0. The van der Waals surface area contributed by atoms with Crippen LogP contribution >= 0.6 is 23.2 Å². The van der Waals surface area contributed by atoms with Crippen LogP contribution in [0.5, 0.6) is 5.75 Å². The van der Waals surface area contributed by atoms with Crippen LogP contribution in [0.2, 0.25) is 10.0 Å². The number of halogens is 2. The number of benzene rings is 2. The summed E-state index contributed by atoms with van der Waals surface area (Å²) in [6, 6.07) is 7.65. The van der Waals surface area contributed by atoms with Crippen molar-refractivity contribution in [3.05, 3.63) is 62.1 Å². The maximum absolute atomic E-state index is 10.0. The van der Waals surface area contributed by atoms with Gasteiger partial charge in [0.15, 0.2) is 0 Å². The van der Waals surface area contributed by atoms with Crippen molar-refractivity contribution in [2.24, 2.45) is 0 Å². The molecule has 0 fully saturated rings. The average molecular weight is 295 g/mol. The third-order valence-corrected chi connectivity index (χ3v) is 4.19. The summed E-state index contributed by atoms with van der Waals surface area (Å²) in [6.07, 6.45) is 0.738. The van der Waals surface area contributed by atoms with Gasteiger partial charge in [-0.15, -0.1) is 0 Å². The van der Waals surface area contributed by atoms with Crippen LogP contribution in [-0.2, 0) is 6.42 Å². The first-order chi connectivity index (χ1) is 8.90. The molecule has 0 aliphatic heterocycles. The molecule has 0 aliphatic carbocycles. The van der Waals surface area contributed by atoms with Crippen molar-refractivity contribution in [2.75, 3.05) is 0 Å². The highest BCUT2D eigenvalue weighted by atomic mass is 35.5. The predicted molar refractivity (Wildman–Crippen MR) is 81.6 cm³/mol. The van der Waals surface area contributed by atoms with Gasteiger partial charge in [-0.3, -0.25) is 0 Å². The van der Waals surface area contributed by atoms with Gasteiger partial charge in [-0.2, -0.15) is 0 Å². The first-order valence-corrected chi connectivity index (χ1v) is 6.88. The van der Waals surface area contributed by atoms with Gasteiger partial charge in [0, 0.05) is 0 Å². The fourth-order valence-corrected chi connectivity index (χ4v) is 2.66. The maximum Gasteiger partial charge on any atom is 0.121 e. The molecule has 0 bridgehead atoms. The van der Waals surface area contributed by atoms with Gasteiger partial charge in [-0.25, -0.2) is 0 Å². The van der Waals surface area contributed by atoms with Gasteiger partial charge in [-0.1, -0.05) is 35.3 Å². The first kappa shape index (κ1) is 14.2. The molecule has 0 radical (unpaired) electrons. The van der Waals surface area contributed by atoms with E-state index in [2.05, 4.69) is 6.92 Å². The van der Waals surface area contributed by atoms with Crippen LogP contribution in [0.25, 0.3) is 0 Å². The quantitative estimate of drug-likeness (QED) is 0.805. The summed E-state index contributed by atoms with van der Waals surface area (Å²) >= 11 is 12.0. The van der Waals surface area contributed by atoms with Crippen LogP contribution in [0, 0.1) is 20.8 Å². The highest BCUT2D eigenvalue weighted by Crippen LogP contribution is 2.30. The smallest absolute Gasteiger partial charge is 0.121 e. The number of rotatable bonds is 2. The van der Waals surface area contributed by atoms with Gasteiger partial charge in [0.2, 0.25) is 0 Å². The van der Waals surface area contributed by atoms with Crippen LogP contribution in [0.1, 0.15) is 27.8 Å². The molecule has 0 unspecified atom stereocenters. The van der Waals surface area contributed by atoms with Crippen molar-refractivity contribution >= 4 is 23.2 Å². The van der Waals surface area contributed by atoms with Crippen molar-refractivity contribution in [3.8, 4) is 5.75 Å². The molecule has 0 saturated carbocycles. The number of hydrogen-bond acceptors (Lipinski definition) is 1. The molecule has 2 rings (SSSR count). The van der Waals surface area contributed by atoms with Gasteiger partial charge < -0.3 is 5.11 Å². The molecule has 2 aromatic rings. The summed E-state index contributed by atoms with van der Waals surface area (Å²) in [6.45, 7) is 5.92. The molecule has 0 aliphatic rings. The number of phenols is 1. The molecule has 2 aromatic carbocycles. The Morgan fingerprint density at radius 1 is 0.947 bits per heavy atom.